The van der Waals surface area contributed by atoms with Gasteiger partial charge in [-0.15, -0.1) is 0 Å². The van der Waals surface area contributed by atoms with Gasteiger partial charge >= 0.3 is 23.5 Å². The van der Waals surface area contributed by atoms with Gasteiger partial charge in [0.15, 0.2) is 22.8 Å². The van der Waals surface area contributed by atoms with Crippen LogP contribution in [0.15, 0.2) is 24.8 Å². The summed E-state index contributed by atoms with van der Waals surface area (Å²) >= 11 is 1.15. The third-order valence-corrected chi connectivity index (χ3v) is 14.4. The van der Waals surface area contributed by atoms with Crippen molar-refractivity contribution >= 4 is 69.1 Å². The van der Waals surface area contributed by atoms with Crippen LogP contribution in [0.5, 0.6) is 0 Å². The number of aromatic nitrogens is 4. The Morgan fingerprint density at radius 1 is 0.896 bits per heavy atom. The Morgan fingerprint density at radius 3 is 2.18 bits per heavy atom. The number of hydrogen-bond donors (Lipinski definition) is 9. The van der Waals surface area contributed by atoms with Crippen LogP contribution >= 0.6 is 35.2 Å². The highest BCUT2D eigenvalue weighted by Crippen LogP contribution is 2.61. The summed E-state index contributed by atoms with van der Waals surface area (Å²) in [5, 5.41) is 26.7. The van der Waals surface area contributed by atoms with E-state index in [0.29, 0.717) is 12.2 Å². The number of aliphatic hydroxyl groups is 2. The smallest absolute Gasteiger partial charge is 0.386 e. The van der Waals surface area contributed by atoms with E-state index in [0.717, 1.165) is 54.7 Å². The number of rotatable bonds is 34. The van der Waals surface area contributed by atoms with Gasteiger partial charge in [0, 0.05) is 37.1 Å². The highest BCUT2D eigenvalue weighted by atomic mass is 32.2. The molecular weight excluding hydrogens is 963 g/mol. The zero-order valence-corrected chi connectivity index (χ0v) is 41.6. The molecule has 1 saturated heterocycles. The summed E-state index contributed by atoms with van der Waals surface area (Å²) in [5.41, 5.74) is 4.29. The Balaban J connectivity index is 1.30. The van der Waals surface area contributed by atoms with Crippen LogP contribution in [0.25, 0.3) is 11.2 Å². The molecule has 0 aliphatic carbocycles. The Labute approximate surface area is 394 Å². The van der Waals surface area contributed by atoms with E-state index < -0.39 is 84.6 Å². The number of nitrogens with two attached hydrogens (primary N) is 1. The molecule has 2 amide bonds. The molecular formula is C39H68N7O17P3S. The molecule has 7 atom stereocenters. The van der Waals surface area contributed by atoms with E-state index in [1.54, 1.807) is 0 Å². The molecule has 2 aromatic rings. The first-order valence-electron chi connectivity index (χ1n) is 22.3. The number of hydrogen-bond acceptors (Lipinski definition) is 18. The Kier molecular flexibility index (Phi) is 25.2. The molecule has 67 heavy (non-hydrogen) atoms. The third-order valence-electron chi connectivity index (χ3n) is 10.4. The molecule has 1 aliphatic heterocycles. The van der Waals surface area contributed by atoms with E-state index in [2.05, 4.69) is 53.5 Å². The number of aliphatic hydroxyl groups excluding tert-OH is 2. The fourth-order valence-corrected chi connectivity index (χ4v) is 10.3. The number of carbonyl (C=O) groups excluding carboxylic acids is 3. The first-order chi connectivity index (χ1) is 31.6. The topological polar surface area (TPSA) is 364 Å². The van der Waals surface area contributed by atoms with Gasteiger partial charge in [-0.3, -0.25) is 32.5 Å². The first-order valence-corrected chi connectivity index (χ1v) is 27.8. The second-order valence-electron chi connectivity index (χ2n) is 16.6. The molecule has 0 bridgehead atoms. The maximum absolute atomic E-state index is 12.7. The van der Waals surface area contributed by atoms with Crippen LogP contribution in [-0.2, 0) is 50.7 Å². The average molecular weight is 1030 g/mol. The number of thioether (sulfide) groups is 1. The molecule has 1 aliphatic rings. The predicted octanol–water partition coefficient (Wildman–Crippen LogP) is 4.70. The van der Waals surface area contributed by atoms with Crippen molar-refractivity contribution in [2.45, 2.75) is 148 Å². The minimum atomic E-state index is -5.57. The van der Waals surface area contributed by atoms with Crippen molar-refractivity contribution in [3.05, 3.63) is 24.8 Å². The van der Waals surface area contributed by atoms with Crippen molar-refractivity contribution in [2.24, 2.45) is 5.41 Å². The minimum absolute atomic E-state index is 0.0332. The van der Waals surface area contributed by atoms with E-state index in [1.807, 2.05) is 0 Å². The normalized spacial score (nSPS) is 20.2. The standard InChI is InChI=1S/C39H68N7O17P3S/c1-4-5-6-7-8-9-10-11-12-13-14-15-16-17-18-19-30(48)67-23-22-41-29(47)20-21-42-37(51)34(50)39(2,3)25-60-66(57,58)63-65(55,56)59-24-28-33(62-64(52,53)54)32(49)38(61-28)46-27-45-31-35(40)43-26-44-36(31)46/h9-10,26-28,32-34,38,49-50H,4-8,11-25H2,1-3H3,(H,41,47)(H,42,51)(H,55,56)(H,57,58)(H2,40,43,44)(H2,52,53,54)/b10-9-/t28-,32-,33-,34+,38-/m1/s1. The summed E-state index contributed by atoms with van der Waals surface area (Å²) in [6.07, 6.45) is 13.4. The van der Waals surface area contributed by atoms with Crippen molar-refractivity contribution < 1.29 is 80.5 Å². The van der Waals surface area contributed by atoms with Gasteiger partial charge in [0.2, 0.25) is 11.8 Å². The molecule has 3 heterocycles. The number of anilines is 1. The van der Waals surface area contributed by atoms with E-state index in [-0.39, 0.29) is 41.6 Å². The number of ether oxygens (including phenoxy) is 1. The highest BCUT2D eigenvalue weighted by Gasteiger charge is 2.50. The maximum Gasteiger partial charge on any atom is 0.481 e. The summed E-state index contributed by atoms with van der Waals surface area (Å²) in [4.78, 5) is 88.3. The van der Waals surface area contributed by atoms with Crippen LogP contribution in [0.2, 0.25) is 0 Å². The van der Waals surface area contributed by atoms with Crippen LogP contribution < -0.4 is 16.4 Å². The van der Waals surface area contributed by atoms with E-state index >= 15 is 0 Å². The zero-order valence-electron chi connectivity index (χ0n) is 38.1. The van der Waals surface area contributed by atoms with Crippen molar-refractivity contribution in [2.75, 3.05) is 37.8 Å². The number of allylic oxidation sites excluding steroid dienone is 2. The van der Waals surface area contributed by atoms with Crippen LogP contribution in [0.4, 0.5) is 5.82 Å². The van der Waals surface area contributed by atoms with Gasteiger partial charge in [0.25, 0.3) is 0 Å². The second kappa shape index (κ2) is 28.8. The molecule has 3 rings (SSSR count). The van der Waals surface area contributed by atoms with Gasteiger partial charge in [0.05, 0.1) is 19.5 Å². The molecule has 0 radical (unpaired) electrons. The number of fused-ring (bicyclic) bond motifs is 1. The van der Waals surface area contributed by atoms with Crippen molar-refractivity contribution in [3.63, 3.8) is 0 Å². The molecule has 0 spiro atoms. The SMILES string of the molecule is CCCCCC/C=C\CCCCCCCCCC(=O)SCCNC(=O)CCNC(=O)[C@H](O)C(C)(C)COP(=O)(O)OP(=O)(O)OC[C@H]1O[C@@H](n2cnc3c(N)ncnc32)[C@H](O)[C@@H]1OP(=O)(O)O. The van der Waals surface area contributed by atoms with E-state index in [9.17, 15) is 57.9 Å². The number of nitrogens with one attached hydrogen (secondary N) is 2. The molecule has 2 aromatic heterocycles. The molecule has 382 valence electrons. The largest absolute Gasteiger partial charge is 0.481 e. The predicted molar refractivity (Wildman–Crippen MR) is 247 cm³/mol. The summed E-state index contributed by atoms with van der Waals surface area (Å²) in [6.45, 7) is 2.79. The first kappa shape index (κ1) is 58.6. The van der Waals surface area contributed by atoms with Crippen LogP contribution in [0, 0.1) is 5.41 Å². The van der Waals surface area contributed by atoms with Crippen molar-refractivity contribution in [1.29, 1.82) is 0 Å². The average Bonchev–Trinajstić information content (AvgIpc) is 3.81. The van der Waals surface area contributed by atoms with Gasteiger partial charge in [-0.2, -0.15) is 4.31 Å². The van der Waals surface area contributed by atoms with Crippen molar-refractivity contribution in [3.8, 4) is 0 Å². The Hall–Kier alpha value is -2.70. The number of nitrogens with zero attached hydrogens (tertiary/aromatic N) is 4. The van der Waals surface area contributed by atoms with Gasteiger partial charge in [0.1, 0.15) is 36.3 Å². The van der Waals surface area contributed by atoms with Gasteiger partial charge in [-0.25, -0.2) is 28.6 Å². The van der Waals surface area contributed by atoms with Gasteiger partial charge in [-0.1, -0.05) is 96.1 Å². The van der Waals surface area contributed by atoms with E-state index in [1.165, 1.54) is 71.6 Å². The molecule has 24 nitrogen and oxygen atoms in total. The minimum Gasteiger partial charge on any atom is -0.386 e. The van der Waals surface area contributed by atoms with Crippen LogP contribution in [-0.4, -0.2) is 123 Å². The summed E-state index contributed by atoms with van der Waals surface area (Å²) in [5.74, 6) is -1.03. The number of amides is 2. The lowest BCUT2D eigenvalue weighted by Gasteiger charge is -2.30. The van der Waals surface area contributed by atoms with Gasteiger partial charge in [-0.05, 0) is 32.1 Å². The zero-order chi connectivity index (χ0) is 49.7. The lowest BCUT2D eigenvalue weighted by Crippen LogP contribution is -2.46. The lowest BCUT2D eigenvalue weighted by molar-refractivity contribution is -0.137. The maximum atomic E-state index is 12.7. The molecule has 0 saturated carbocycles. The summed E-state index contributed by atoms with van der Waals surface area (Å²) in [6, 6.07) is 0. The summed E-state index contributed by atoms with van der Waals surface area (Å²) in [7, 11) is -16.4. The molecule has 0 aromatic carbocycles. The molecule has 10 N–H and O–H groups in total. The molecule has 2 unspecified atom stereocenters. The number of nitrogen functional groups attached to an aromatic ring is 1. The van der Waals surface area contributed by atoms with Crippen LogP contribution in [0.1, 0.15) is 123 Å². The lowest BCUT2D eigenvalue weighted by atomic mass is 9.87. The fourth-order valence-electron chi connectivity index (χ4n) is 6.71. The molecule has 1 fully saturated rings. The second-order valence-corrected chi connectivity index (χ2v) is 22.0. The van der Waals surface area contributed by atoms with Gasteiger partial charge < -0.3 is 50.9 Å². The fraction of sp³-hybridized carbons (Fsp3) is 0.744. The van der Waals surface area contributed by atoms with Crippen molar-refractivity contribution in [1.82, 2.24) is 30.2 Å². The number of imidazole rings is 1. The monoisotopic (exact) mass is 1030 g/mol. The quantitative estimate of drug-likeness (QED) is 0.0260. The number of phosphoric ester groups is 3. The Bertz CT molecular complexity index is 2040. The highest BCUT2D eigenvalue weighted by molar-refractivity contribution is 8.13. The summed E-state index contributed by atoms with van der Waals surface area (Å²) < 4.78 is 62.4. The third kappa shape index (κ3) is 21.9. The Morgan fingerprint density at radius 2 is 1.52 bits per heavy atom. The number of unbranched alkanes of at least 4 members (excludes halogenated alkanes) is 11. The number of carbonyl (C=O) groups is 3. The van der Waals surface area contributed by atoms with E-state index in [4.69, 9.17) is 19.5 Å². The number of phosphoric acid groups is 3. The van der Waals surface area contributed by atoms with Crippen LogP contribution in [0.3, 0.4) is 0 Å². The molecule has 28 heteroatoms.